The molecule has 0 saturated heterocycles. The molecule has 1 aromatic carbocycles. The van der Waals surface area contributed by atoms with Gasteiger partial charge in [0, 0.05) is 3.57 Å². The van der Waals surface area contributed by atoms with Crippen LogP contribution in [-0.2, 0) is 0 Å². The number of rotatable bonds is 1. The molecule has 2 rings (SSSR count). The van der Waals surface area contributed by atoms with Gasteiger partial charge in [-0.05, 0) is 34.7 Å². The zero-order valence-electron chi connectivity index (χ0n) is 6.53. The summed E-state index contributed by atoms with van der Waals surface area (Å²) in [6.45, 7) is 0. The summed E-state index contributed by atoms with van der Waals surface area (Å²) >= 11 is 5.55. The van der Waals surface area contributed by atoms with E-state index in [1.165, 1.54) is 0 Å². The number of phenolic OH excluding ortho intramolecular Hbond substituents is 1. The molecule has 13 heavy (non-hydrogen) atoms. The largest absolute Gasteiger partial charge is 0.507 e. The highest BCUT2D eigenvalue weighted by Gasteiger charge is 2.14. The van der Waals surface area contributed by atoms with E-state index in [0.717, 1.165) is 14.0 Å². The van der Waals surface area contributed by atoms with Gasteiger partial charge in [0.05, 0.1) is 28.2 Å². The van der Waals surface area contributed by atoms with E-state index in [4.69, 9.17) is 0 Å². The Morgan fingerprint density at radius 3 is 2.85 bits per heavy atom. The second kappa shape index (κ2) is 3.89. The molecule has 0 atom stereocenters. The second-order valence-corrected chi connectivity index (χ2v) is 5.58. The Bertz CT molecular complexity index is 391. The van der Waals surface area contributed by atoms with Crippen molar-refractivity contribution in [2.24, 2.45) is 0 Å². The Morgan fingerprint density at radius 1 is 1.38 bits per heavy atom. The van der Waals surface area contributed by atoms with Crippen molar-refractivity contribution < 1.29 is 5.11 Å². The smallest absolute Gasteiger partial charge is 0.243 e. The van der Waals surface area contributed by atoms with E-state index in [2.05, 4.69) is 32.7 Å². The lowest BCUT2D eigenvalue weighted by molar-refractivity contribution is 0.477. The normalized spacial score (nSPS) is 10.2. The first-order valence-electron chi connectivity index (χ1n) is 3.61. The first kappa shape index (κ1) is 9.36. The molecule has 0 radical (unpaired) electrons. The third kappa shape index (κ3) is 1.84. The third-order valence-electron chi connectivity index (χ3n) is 1.64. The molecule has 0 saturated carbocycles. The SMILES string of the molecule is Oc1cccc(I)c1-c1c[s+]cs1. The second-order valence-electron chi connectivity index (χ2n) is 2.47. The maximum atomic E-state index is 9.67. The Morgan fingerprint density at radius 2 is 2.23 bits per heavy atom. The van der Waals surface area contributed by atoms with Crippen molar-refractivity contribution in [3.8, 4) is 16.2 Å². The summed E-state index contributed by atoms with van der Waals surface area (Å²) < 4.78 is 3.14. The number of halogens is 1. The van der Waals surface area contributed by atoms with Crippen molar-refractivity contribution in [2.75, 3.05) is 0 Å². The minimum atomic E-state index is 0.363. The fraction of sp³-hybridized carbons (Fsp3) is 0. The molecule has 0 aliphatic carbocycles. The Balaban J connectivity index is 2.64. The summed E-state index contributed by atoms with van der Waals surface area (Å²) in [5.74, 6) is 0.363. The molecule has 1 N–H and O–H groups in total. The van der Waals surface area contributed by atoms with Crippen LogP contribution in [0.1, 0.15) is 0 Å². The van der Waals surface area contributed by atoms with Crippen molar-refractivity contribution >= 4 is 45.3 Å². The Labute approximate surface area is 97.8 Å². The molecule has 0 fully saturated rings. The van der Waals surface area contributed by atoms with E-state index in [9.17, 15) is 5.11 Å². The van der Waals surface area contributed by atoms with E-state index in [0.29, 0.717) is 5.75 Å². The molecule has 0 aliphatic heterocycles. The number of hydrogen-bond acceptors (Lipinski definition) is 2. The quantitative estimate of drug-likeness (QED) is 0.620. The van der Waals surface area contributed by atoms with Crippen molar-refractivity contribution in [1.82, 2.24) is 0 Å². The first-order valence-corrected chi connectivity index (χ1v) is 6.51. The molecule has 0 unspecified atom stereocenters. The van der Waals surface area contributed by atoms with Crippen LogP contribution in [0.3, 0.4) is 0 Å². The lowest BCUT2D eigenvalue weighted by Gasteiger charge is -2.00. The molecule has 1 nitrogen and oxygen atoms in total. The summed E-state index contributed by atoms with van der Waals surface area (Å²) in [5, 5.41) is 11.7. The predicted molar refractivity (Wildman–Crippen MR) is 66.4 cm³/mol. The summed E-state index contributed by atoms with van der Waals surface area (Å²) in [5.41, 5.74) is 0.953. The minimum Gasteiger partial charge on any atom is -0.507 e. The van der Waals surface area contributed by atoms with Gasteiger partial charge in [-0.2, -0.15) is 0 Å². The van der Waals surface area contributed by atoms with Crippen LogP contribution in [0.4, 0.5) is 0 Å². The van der Waals surface area contributed by atoms with Gasteiger partial charge in [0.25, 0.3) is 0 Å². The topological polar surface area (TPSA) is 20.2 Å². The summed E-state index contributed by atoms with van der Waals surface area (Å²) in [7, 11) is 0. The van der Waals surface area contributed by atoms with Crippen molar-refractivity contribution in [2.45, 2.75) is 0 Å². The van der Waals surface area contributed by atoms with Crippen LogP contribution in [0.25, 0.3) is 10.4 Å². The van der Waals surface area contributed by atoms with Crippen LogP contribution in [0.5, 0.6) is 5.75 Å². The van der Waals surface area contributed by atoms with E-state index < -0.39 is 0 Å². The molecular weight excluding hydrogens is 315 g/mol. The number of benzene rings is 1. The summed E-state index contributed by atoms with van der Waals surface area (Å²) in [6.07, 6.45) is 0. The molecule has 0 aliphatic rings. The zero-order valence-corrected chi connectivity index (χ0v) is 10.3. The fourth-order valence-electron chi connectivity index (χ4n) is 1.07. The van der Waals surface area contributed by atoms with E-state index in [-0.39, 0.29) is 0 Å². The minimum absolute atomic E-state index is 0.363. The number of hydrogen-bond donors (Lipinski definition) is 1. The van der Waals surface area contributed by atoms with Gasteiger partial charge in [0.15, 0.2) is 4.88 Å². The molecule has 2 aromatic rings. The Hall–Kier alpha value is -0.200. The lowest BCUT2D eigenvalue weighted by Crippen LogP contribution is -1.79. The van der Waals surface area contributed by atoms with Gasteiger partial charge in [-0.3, -0.25) is 0 Å². The summed E-state index contributed by atoms with van der Waals surface area (Å²) in [4.78, 5) is 1.13. The highest BCUT2D eigenvalue weighted by atomic mass is 127. The molecular formula is C9H6IOS2+. The van der Waals surface area contributed by atoms with Crippen LogP contribution in [0.2, 0.25) is 0 Å². The van der Waals surface area contributed by atoms with Crippen LogP contribution in [-0.4, -0.2) is 5.11 Å². The van der Waals surface area contributed by atoms with Gasteiger partial charge in [-0.15, -0.1) is 0 Å². The van der Waals surface area contributed by atoms with Gasteiger partial charge in [0.2, 0.25) is 4.69 Å². The van der Waals surface area contributed by atoms with Crippen LogP contribution in [0.15, 0.2) is 28.3 Å². The average molecular weight is 321 g/mol. The highest BCUT2D eigenvalue weighted by Crippen LogP contribution is 2.37. The molecule has 1 heterocycles. The standard InChI is InChI=1S/C9H5IOS2/c10-6-2-1-3-7(11)9(6)8-4-12-5-13-8/h1-5H/p+1. The molecule has 0 spiro atoms. The van der Waals surface area contributed by atoms with E-state index in [1.807, 2.05) is 12.1 Å². The van der Waals surface area contributed by atoms with Gasteiger partial charge < -0.3 is 5.11 Å². The molecule has 0 amide bonds. The van der Waals surface area contributed by atoms with Crippen molar-refractivity contribution in [3.05, 3.63) is 31.8 Å². The van der Waals surface area contributed by atoms with Crippen LogP contribution in [0, 0.1) is 3.57 Å². The lowest BCUT2D eigenvalue weighted by atomic mass is 10.2. The zero-order chi connectivity index (χ0) is 9.26. The molecule has 1 aromatic heterocycles. The third-order valence-corrected chi connectivity index (χ3v) is 4.47. The fourth-order valence-corrected chi connectivity index (χ4v) is 3.85. The van der Waals surface area contributed by atoms with Crippen LogP contribution < -0.4 is 0 Å². The highest BCUT2D eigenvalue weighted by molar-refractivity contribution is 14.1. The van der Waals surface area contributed by atoms with Gasteiger partial charge >= 0.3 is 0 Å². The maximum absolute atomic E-state index is 9.67. The van der Waals surface area contributed by atoms with Gasteiger partial charge in [-0.25, -0.2) is 0 Å². The predicted octanol–water partition coefficient (Wildman–Crippen LogP) is 4.07. The van der Waals surface area contributed by atoms with Gasteiger partial charge in [0.1, 0.15) is 11.1 Å². The Kier molecular flexibility index (Phi) is 2.80. The van der Waals surface area contributed by atoms with E-state index >= 15 is 0 Å². The molecule has 66 valence electrons. The van der Waals surface area contributed by atoms with Gasteiger partial charge in [-0.1, -0.05) is 6.07 Å². The first-order chi connectivity index (χ1) is 6.29. The molecule has 4 heteroatoms. The van der Waals surface area contributed by atoms with Crippen LogP contribution >= 0.6 is 45.3 Å². The van der Waals surface area contributed by atoms with Crippen molar-refractivity contribution in [1.29, 1.82) is 0 Å². The maximum Gasteiger partial charge on any atom is 0.243 e. The average Bonchev–Trinajstić information content (AvgIpc) is 2.57. The van der Waals surface area contributed by atoms with Crippen molar-refractivity contribution in [3.63, 3.8) is 0 Å². The summed E-state index contributed by atoms with van der Waals surface area (Å²) in [6, 6.07) is 5.58. The number of phenols is 1. The molecule has 0 bridgehead atoms. The monoisotopic (exact) mass is 321 g/mol. The van der Waals surface area contributed by atoms with E-state index in [1.54, 1.807) is 28.7 Å². The number of aromatic hydroxyl groups is 1.